The first-order valence-corrected chi connectivity index (χ1v) is 9.95. The first-order valence-electron chi connectivity index (χ1n) is 8.96. The maximum Gasteiger partial charge on any atom is 0.338 e. The van der Waals surface area contributed by atoms with E-state index in [0.29, 0.717) is 23.8 Å². The maximum absolute atomic E-state index is 12.2. The molecule has 3 amide bonds. The number of benzene rings is 1. The molecule has 1 saturated heterocycles. The van der Waals surface area contributed by atoms with E-state index >= 15 is 0 Å². The lowest BCUT2D eigenvalue weighted by atomic mass is 10.2. The summed E-state index contributed by atoms with van der Waals surface area (Å²) >= 11 is 0.936. The zero-order valence-corrected chi connectivity index (χ0v) is 16.9. The van der Waals surface area contributed by atoms with Gasteiger partial charge in [-0.2, -0.15) is 0 Å². The fourth-order valence-corrected chi connectivity index (χ4v) is 3.02. The lowest BCUT2D eigenvalue weighted by molar-refractivity contribution is -0.130. The van der Waals surface area contributed by atoms with Gasteiger partial charge in [-0.15, -0.1) is 0 Å². The Bertz CT molecular complexity index is 718. The number of amides is 3. The lowest BCUT2D eigenvalue weighted by Gasteiger charge is -2.16. The molecular weight excluding hydrogens is 384 g/mol. The molecule has 1 aromatic carbocycles. The number of esters is 1. The normalized spacial score (nSPS) is 14.9. The molecule has 9 heteroatoms. The van der Waals surface area contributed by atoms with Crippen LogP contribution >= 0.6 is 11.8 Å². The number of carbonyl (C=O) groups excluding carboxylic acids is 4. The maximum atomic E-state index is 12.2. The molecule has 1 aromatic rings. The number of hydrogen-bond donors (Lipinski definition) is 1. The second-order valence-corrected chi connectivity index (χ2v) is 7.59. The molecule has 0 saturated carbocycles. The van der Waals surface area contributed by atoms with Crippen molar-refractivity contribution < 1.29 is 28.7 Å². The molecule has 2 rings (SSSR count). The third-order valence-electron chi connectivity index (χ3n) is 3.80. The Morgan fingerprint density at radius 1 is 1.18 bits per heavy atom. The third kappa shape index (κ3) is 6.26. The van der Waals surface area contributed by atoms with Crippen LogP contribution in [0.25, 0.3) is 0 Å². The standard InChI is InChI=1S/C19H24N2O6S/c1-12(2)10-26-15-6-4-14(5-7-15)18(24)27-13(3)17(23)20-8-9-21-16(22)11-28-19(21)25/h4-7,12-13H,8-11H2,1-3H3,(H,20,23)/t13-/m1/s1. The number of carbonyl (C=O) groups is 4. The van der Waals surface area contributed by atoms with Gasteiger partial charge < -0.3 is 14.8 Å². The molecule has 0 bridgehead atoms. The van der Waals surface area contributed by atoms with Gasteiger partial charge in [-0.25, -0.2) is 4.79 Å². The van der Waals surface area contributed by atoms with Crippen molar-refractivity contribution in [1.29, 1.82) is 0 Å². The van der Waals surface area contributed by atoms with E-state index in [-0.39, 0.29) is 30.0 Å². The fourth-order valence-electron chi connectivity index (χ4n) is 2.26. The Morgan fingerprint density at radius 2 is 1.86 bits per heavy atom. The van der Waals surface area contributed by atoms with Crippen LogP contribution in [0.5, 0.6) is 5.75 Å². The summed E-state index contributed by atoms with van der Waals surface area (Å²) in [6.07, 6.45) is -1.01. The predicted octanol–water partition coefficient (Wildman–Crippen LogP) is 2.08. The average Bonchev–Trinajstić information content (AvgIpc) is 2.98. The Morgan fingerprint density at radius 3 is 2.43 bits per heavy atom. The predicted molar refractivity (Wildman–Crippen MR) is 104 cm³/mol. The molecule has 0 spiro atoms. The summed E-state index contributed by atoms with van der Waals surface area (Å²) in [6, 6.07) is 6.49. The van der Waals surface area contributed by atoms with Crippen LogP contribution in [0.3, 0.4) is 0 Å². The molecule has 1 aliphatic heterocycles. The number of imide groups is 1. The second kappa shape index (κ2) is 10.1. The number of ether oxygens (including phenoxy) is 2. The van der Waals surface area contributed by atoms with Crippen LogP contribution in [0.4, 0.5) is 4.79 Å². The summed E-state index contributed by atoms with van der Waals surface area (Å²) in [6.45, 7) is 6.30. The van der Waals surface area contributed by atoms with Gasteiger partial charge in [0.15, 0.2) is 6.10 Å². The van der Waals surface area contributed by atoms with Crippen LogP contribution in [0.1, 0.15) is 31.1 Å². The van der Waals surface area contributed by atoms with Crippen molar-refractivity contribution in [3.05, 3.63) is 29.8 Å². The van der Waals surface area contributed by atoms with Gasteiger partial charge in [0.25, 0.3) is 11.1 Å². The Labute approximate surface area is 167 Å². The number of hydrogen-bond acceptors (Lipinski definition) is 7. The van der Waals surface area contributed by atoms with E-state index in [1.165, 1.54) is 6.92 Å². The molecule has 28 heavy (non-hydrogen) atoms. The van der Waals surface area contributed by atoms with E-state index in [9.17, 15) is 19.2 Å². The summed E-state index contributed by atoms with van der Waals surface area (Å²) in [5, 5.41) is 2.23. The highest BCUT2D eigenvalue weighted by molar-refractivity contribution is 8.14. The van der Waals surface area contributed by atoms with E-state index in [2.05, 4.69) is 5.32 Å². The Balaban J connectivity index is 1.77. The lowest BCUT2D eigenvalue weighted by Crippen LogP contribution is -2.41. The zero-order chi connectivity index (χ0) is 20.7. The van der Waals surface area contributed by atoms with Crippen molar-refractivity contribution >= 4 is 34.8 Å². The molecule has 0 radical (unpaired) electrons. The molecule has 152 valence electrons. The smallest absolute Gasteiger partial charge is 0.338 e. The van der Waals surface area contributed by atoms with E-state index in [0.717, 1.165) is 16.7 Å². The van der Waals surface area contributed by atoms with Gasteiger partial charge in [0.1, 0.15) is 5.75 Å². The first kappa shape index (κ1) is 21.7. The average molecular weight is 408 g/mol. The Kier molecular flexibility index (Phi) is 7.86. The summed E-state index contributed by atoms with van der Waals surface area (Å²) < 4.78 is 10.7. The van der Waals surface area contributed by atoms with Gasteiger partial charge in [-0.05, 0) is 37.1 Å². The van der Waals surface area contributed by atoms with Crippen molar-refractivity contribution in [3.63, 3.8) is 0 Å². The van der Waals surface area contributed by atoms with Crippen molar-refractivity contribution in [2.24, 2.45) is 5.92 Å². The highest BCUT2D eigenvalue weighted by Crippen LogP contribution is 2.18. The van der Waals surface area contributed by atoms with Crippen LogP contribution in [-0.2, 0) is 14.3 Å². The van der Waals surface area contributed by atoms with Gasteiger partial charge in [-0.3, -0.25) is 19.3 Å². The van der Waals surface area contributed by atoms with Gasteiger partial charge in [0.05, 0.1) is 17.9 Å². The van der Waals surface area contributed by atoms with Crippen molar-refractivity contribution in [1.82, 2.24) is 10.2 Å². The van der Waals surface area contributed by atoms with Crippen LogP contribution in [0.2, 0.25) is 0 Å². The molecule has 8 nitrogen and oxygen atoms in total. The van der Waals surface area contributed by atoms with Crippen molar-refractivity contribution in [2.75, 3.05) is 25.4 Å². The van der Waals surface area contributed by atoms with Crippen molar-refractivity contribution in [3.8, 4) is 5.75 Å². The van der Waals surface area contributed by atoms with Crippen LogP contribution in [-0.4, -0.2) is 59.5 Å². The van der Waals surface area contributed by atoms with Gasteiger partial charge in [0, 0.05) is 13.1 Å². The monoisotopic (exact) mass is 408 g/mol. The van der Waals surface area contributed by atoms with E-state index in [1.54, 1.807) is 24.3 Å². The van der Waals surface area contributed by atoms with E-state index in [4.69, 9.17) is 9.47 Å². The summed E-state index contributed by atoms with van der Waals surface area (Å²) in [5.74, 6) is -0.229. The third-order valence-corrected chi connectivity index (χ3v) is 4.66. The number of nitrogens with one attached hydrogen (secondary N) is 1. The first-order chi connectivity index (χ1) is 13.3. The van der Waals surface area contributed by atoms with Gasteiger partial charge in [-0.1, -0.05) is 25.6 Å². The molecule has 1 aliphatic rings. The number of rotatable bonds is 9. The molecule has 1 atom stereocenters. The molecule has 0 unspecified atom stereocenters. The topological polar surface area (TPSA) is 102 Å². The van der Waals surface area contributed by atoms with Crippen LogP contribution in [0.15, 0.2) is 24.3 Å². The SMILES string of the molecule is CC(C)COc1ccc(C(=O)O[C@H](C)C(=O)NCCN2C(=O)CSC2=O)cc1. The number of nitrogens with zero attached hydrogens (tertiary/aromatic N) is 1. The molecular formula is C19H24N2O6S. The van der Waals surface area contributed by atoms with Gasteiger partial charge >= 0.3 is 5.97 Å². The van der Waals surface area contributed by atoms with Crippen LogP contribution in [0, 0.1) is 5.92 Å². The van der Waals surface area contributed by atoms with Gasteiger partial charge in [0.2, 0.25) is 5.91 Å². The summed E-state index contributed by atoms with van der Waals surface area (Å²) in [7, 11) is 0. The summed E-state index contributed by atoms with van der Waals surface area (Å²) in [4.78, 5) is 48.3. The van der Waals surface area contributed by atoms with E-state index in [1.807, 2.05) is 13.8 Å². The highest BCUT2D eigenvalue weighted by Gasteiger charge is 2.29. The minimum atomic E-state index is -1.01. The zero-order valence-electron chi connectivity index (χ0n) is 16.1. The Hall–Kier alpha value is -2.55. The molecule has 1 N–H and O–H groups in total. The molecule has 0 aliphatic carbocycles. The quantitative estimate of drug-likeness (QED) is 0.624. The summed E-state index contributed by atoms with van der Waals surface area (Å²) in [5.41, 5.74) is 0.307. The minimum Gasteiger partial charge on any atom is -0.493 e. The molecule has 1 fully saturated rings. The van der Waals surface area contributed by atoms with Crippen molar-refractivity contribution in [2.45, 2.75) is 26.9 Å². The second-order valence-electron chi connectivity index (χ2n) is 6.67. The largest absolute Gasteiger partial charge is 0.493 e. The molecule has 0 aromatic heterocycles. The fraction of sp³-hybridized carbons (Fsp3) is 0.474. The minimum absolute atomic E-state index is 0.0922. The van der Waals surface area contributed by atoms with E-state index < -0.39 is 18.0 Å². The highest BCUT2D eigenvalue weighted by atomic mass is 32.2. The van der Waals surface area contributed by atoms with Crippen LogP contribution < -0.4 is 10.1 Å². The molecule has 1 heterocycles. The number of thioether (sulfide) groups is 1.